The van der Waals surface area contributed by atoms with Crippen LogP contribution in [0.3, 0.4) is 0 Å². The second-order valence-electron chi connectivity index (χ2n) is 4.61. The summed E-state index contributed by atoms with van der Waals surface area (Å²) < 4.78 is 25.4. The highest BCUT2D eigenvalue weighted by molar-refractivity contribution is 7.88. The molecule has 0 aromatic carbocycles. The number of aliphatic hydroxyl groups is 1. The molecule has 0 saturated carbocycles. The molecule has 1 amide bonds. The van der Waals surface area contributed by atoms with Crippen molar-refractivity contribution in [3.05, 3.63) is 11.9 Å². The molecule has 1 N–H and O–H groups in total. The first-order valence-corrected chi connectivity index (χ1v) is 7.98. The Kier molecular flexibility index (Phi) is 4.35. The number of aromatic nitrogens is 3. The van der Waals surface area contributed by atoms with E-state index in [2.05, 4.69) is 10.3 Å². The molecule has 2 heterocycles. The summed E-state index contributed by atoms with van der Waals surface area (Å²) in [4.78, 5) is 13.6. The number of carbonyl (C=O) groups excluding carboxylic acids is 1. The summed E-state index contributed by atoms with van der Waals surface area (Å²) in [5.41, 5.74) is 0.402. The molecule has 1 aromatic heterocycles. The van der Waals surface area contributed by atoms with Crippen molar-refractivity contribution in [3.8, 4) is 0 Å². The van der Waals surface area contributed by atoms with Crippen LogP contribution in [0.2, 0.25) is 0 Å². The molecule has 1 fully saturated rings. The third-order valence-electron chi connectivity index (χ3n) is 3.11. The number of hydrogen-bond donors (Lipinski definition) is 1. The molecule has 20 heavy (non-hydrogen) atoms. The van der Waals surface area contributed by atoms with Crippen LogP contribution < -0.4 is 0 Å². The lowest BCUT2D eigenvalue weighted by Crippen LogP contribution is -2.51. The summed E-state index contributed by atoms with van der Waals surface area (Å²) in [6, 6.07) is 0. The fourth-order valence-corrected chi connectivity index (χ4v) is 2.82. The summed E-state index contributed by atoms with van der Waals surface area (Å²) in [5.74, 6) is -0.146. The predicted octanol–water partition coefficient (Wildman–Crippen LogP) is -2.13. The standard InChI is InChI=1S/C10H17N5O4S/c1-20(18,19)15-4-2-13(3-5-15)10(17)7-14-6-9(8-16)11-12-14/h6,16H,2-5,7-8H2,1H3. The smallest absolute Gasteiger partial charge is 0.244 e. The van der Waals surface area contributed by atoms with Crippen molar-refractivity contribution in [3.63, 3.8) is 0 Å². The van der Waals surface area contributed by atoms with E-state index in [1.807, 2.05) is 0 Å². The van der Waals surface area contributed by atoms with Crippen molar-refractivity contribution in [2.45, 2.75) is 13.2 Å². The quantitative estimate of drug-likeness (QED) is 0.681. The first kappa shape index (κ1) is 14.9. The molecule has 0 spiro atoms. The van der Waals surface area contributed by atoms with E-state index in [0.29, 0.717) is 31.9 Å². The monoisotopic (exact) mass is 303 g/mol. The highest BCUT2D eigenvalue weighted by Crippen LogP contribution is 2.07. The third kappa shape index (κ3) is 3.52. The van der Waals surface area contributed by atoms with Gasteiger partial charge < -0.3 is 10.0 Å². The van der Waals surface area contributed by atoms with Crippen molar-refractivity contribution >= 4 is 15.9 Å². The minimum Gasteiger partial charge on any atom is -0.390 e. The number of carbonyl (C=O) groups is 1. The lowest BCUT2D eigenvalue weighted by atomic mass is 10.3. The van der Waals surface area contributed by atoms with E-state index in [0.717, 1.165) is 6.26 Å². The van der Waals surface area contributed by atoms with Gasteiger partial charge in [0.2, 0.25) is 15.9 Å². The maximum absolute atomic E-state index is 12.0. The van der Waals surface area contributed by atoms with Crippen LogP contribution in [0.1, 0.15) is 5.69 Å². The molecule has 0 atom stereocenters. The third-order valence-corrected chi connectivity index (χ3v) is 4.41. The Morgan fingerprint density at radius 3 is 2.50 bits per heavy atom. The van der Waals surface area contributed by atoms with E-state index >= 15 is 0 Å². The number of nitrogens with zero attached hydrogens (tertiary/aromatic N) is 5. The van der Waals surface area contributed by atoms with Crippen molar-refractivity contribution in [1.82, 2.24) is 24.2 Å². The molecule has 0 unspecified atom stereocenters. The van der Waals surface area contributed by atoms with Gasteiger partial charge in [-0.1, -0.05) is 5.21 Å². The van der Waals surface area contributed by atoms with Crippen LogP contribution in [0.15, 0.2) is 6.20 Å². The maximum Gasteiger partial charge on any atom is 0.244 e. The van der Waals surface area contributed by atoms with Gasteiger partial charge in [0.15, 0.2) is 0 Å². The summed E-state index contributed by atoms with van der Waals surface area (Å²) in [6.07, 6.45) is 2.67. The number of amides is 1. The maximum atomic E-state index is 12.0. The minimum atomic E-state index is -3.19. The number of piperazine rings is 1. The molecule has 1 aromatic rings. The molecule has 9 nitrogen and oxygen atoms in total. The van der Waals surface area contributed by atoms with Crippen molar-refractivity contribution in [2.24, 2.45) is 0 Å². The number of aliphatic hydroxyl groups excluding tert-OH is 1. The fraction of sp³-hybridized carbons (Fsp3) is 0.700. The van der Waals surface area contributed by atoms with E-state index in [4.69, 9.17) is 5.11 Å². The molecule has 0 radical (unpaired) electrons. The molecule has 1 aliphatic heterocycles. The van der Waals surface area contributed by atoms with Crippen molar-refractivity contribution < 1.29 is 18.3 Å². The van der Waals surface area contributed by atoms with Crippen molar-refractivity contribution in [1.29, 1.82) is 0 Å². The Hall–Kier alpha value is -1.52. The van der Waals surface area contributed by atoms with Crippen LogP contribution in [-0.4, -0.2) is 76.1 Å². The summed E-state index contributed by atoms with van der Waals surface area (Å²) in [5, 5.41) is 16.3. The van der Waals surface area contributed by atoms with Gasteiger partial charge in [0, 0.05) is 26.2 Å². The average molecular weight is 303 g/mol. The molecule has 0 aliphatic carbocycles. The summed E-state index contributed by atoms with van der Waals surface area (Å²) in [7, 11) is -3.19. The molecule has 112 valence electrons. The lowest BCUT2D eigenvalue weighted by Gasteiger charge is -2.33. The van der Waals surface area contributed by atoms with Gasteiger partial charge in [-0.25, -0.2) is 13.1 Å². The molecule has 1 aliphatic rings. The topological polar surface area (TPSA) is 109 Å². The summed E-state index contributed by atoms with van der Waals surface area (Å²) >= 11 is 0. The normalized spacial score (nSPS) is 17.4. The Labute approximate surface area is 116 Å². The summed E-state index contributed by atoms with van der Waals surface area (Å²) in [6.45, 7) is 1.17. The fourth-order valence-electron chi connectivity index (χ4n) is 2.00. The molecule has 2 rings (SSSR count). The van der Waals surface area contributed by atoms with Gasteiger partial charge in [0.05, 0.1) is 19.1 Å². The Morgan fingerprint density at radius 2 is 2.00 bits per heavy atom. The molecule has 0 bridgehead atoms. The van der Waals surface area contributed by atoms with Gasteiger partial charge in [0.25, 0.3) is 0 Å². The zero-order chi connectivity index (χ0) is 14.8. The second-order valence-corrected chi connectivity index (χ2v) is 6.59. The van der Waals surface area contributed by atoms with Crippen LogP contribution >= 0.6 is 0 Å². The van der Waals surface area contributed by atoms with Gasteiger partial charge in [0.1, 0.15) is 12.2 Å². The van der Waals surface area contributed by atoms with Crippen LogP contribution in [0.5, 0.6) is 0 Å². The van der Waals surface area contributed by atoms with E-state index in [1.54, 1.807) is 4.90 Å². The van der Waals surface area contributed by atoms with Crippen LogP contribution in [0.4, 0.5) is 0 Å². The highest BCUT2D eigenvalue weighted by atomic mass is 32.2. The van der Waals surface area contributed by atoms with E-state index in [-0.39, 0.29) is 19.1 Å². The highest BCUT2D eigenvalue weighted by Gasteiger charge is 2.26. The van der Waals surface area contributed by atoms with Gasteiger partial charge in [-0.2, -0.15) is 4.31 Å². The van der Waals surface area contributed by atoms with Gasteiger partial charge in [-0.3, -0.25) is 4.79 Å². The van der Waals surface area contributed by atoms with E-state index in [9.17, 15) is 13.2 Å². The molecular formula is C10H17N5O4S. The second kappa shape index (κ2) is 5.85. The number of hydrogen-bond acceptors (Lipinski definition) is 6. The Bertz CT molecular complexity index is 576. The van der Waals surface area contributed by atoms with Crippen LogP contribution in [0.25, 0.3) is 0 Å². The molecule has 1 saturated heterocycles. The molecule has 10 heteroatoms. The van der Waals surface area contributed by atoms with Gasteiger partial charge in [-0.15, -0.1) is 5.10 Å². The van der Waals surface area contributed by atoms with E-state index < -0.39 is 10.0 Å². The average Bonchev–Trinajstić information content (AvgIpc) is 2.85. The SMILES string of the molecule is CS(=O)(=O)N1CCN(C(=O)Cn2cc(CO)nn2)CC1. The minimum absolute atomic E-state index is 0.0336. The van der Waals surface area contributed by atoms with E-state index in [1.165, 1.54) is 15.2 Å². The van der Waals surface area contributed by atoms with Crippen LogP contribution in [-0.2, 0) is 28.0 Å². The Morgan fingerprint density at radius 1 is 1.35 bits per heavy atom. The predicted molar refractivity (Wildman–Crippen MR) is 68.9 cm³/mol. The lowest BCUT2D eigenvalue weighted by molar-refractivity contribution is -0.133. The largest absolute Gasteiger partial charge is 0.390 e. The Balaban J connectivity index is 1.89. The van der Waals surface area contributed by atoms with Gasteiger partial charge in [-0.05, 0) is 0 Å². The zero-order valence-electron chi connectivity index (χ0n) is 11.1. The first-order chi connectivity index (χ1) is 9.40. The van der Waals surface area contributed by atoms with Crippen LogP contribution in [0, 0.1) is 0 Å². The van der Waals surface area contributed by atoms with Gasteiger partial charge >= 0.3 is 0 Å². The molecular weight excluding hydrogens is 286 g/mol. The first-order valence-electron chi connectivity index (χ1n) is 6.13. The zero-order valence-corrected chi connectivity index (χ0v) is 12.0. The number of sulfonamides is 1. The van der Waals surface area contributed by atoms with Crippen molar-refractivity contribution in [2.75, 3.05) is 32.4 Å². The number of rotatable bonds is 4.